The van der Waals surface area contributed by atoms with Gasteiger partial charge in [-0.3, -0.25) is 4.57 Å². The molecule has 234 valence electrons. The maximum absolute atomic E-state index is 12.5. The Balaban J connectivity index is 1.13. The third-order valence-electron chi connectivity index (χ3n) is 8.11. The topological polar surface area (TPSA) is 44.8 Å². The van der Waals surface area contributed by atoms with Crippen molar-refractivity contribution >= 4 is 23.2 Å². The van der Waals surface area contributed by atoms with E-state index in [1.165, 1.54) is 0 Å². The molecule has 0 N–H and O–H groups in total. The van der Waals surface area contributed by atoms with Gasteiger partial charge in [-0.25, -0.2) is 0 Å². The fourth-order valence-electron chi connectivity index (χ4n) is 5.85. The monoisotopic (exact) mass is 654 g/mol. The quantitative estimate of drug-likeness (QED) is 0.0918. The normalized spacial score (nSPS) is 11.0. The number of hydrogen-bond donors (Lipinski definition) is 0. The molecule has 47 heavy (non-hydrogen) atoms. The lowest BCUT2D eigenvalue weighted by Gasteiger charge is -2.17. The molecule has 4 nitrogen and oxygen atoms in total. The lowest BCUT2D eigenvalue weighted by atomic mass is 9.94. The van der Waals surface area contributed by atoms with E-state index in [1.54, 1.807) is 0 Å². The van der Waals surface area contributed by atoms with Crippen LogP contribution in [0.5, 0.6) is 11.5 Å². The summed E-state index contributed by atoms with van der Waals surface area (Å²) in [6.45, 7) is 3.56. The van der Waals surface area contributed by atoms with Crippen LogP contribution >= 0.6 is 17.9 Å². The highest BCUT2D eigenvalue weighted by molar-refractivity contribution is 7.35. The van der Waals surface area contributed by atoms with Gasteiger partial charge in [0.05, 0.1) is 34.6 Å². The minimum Gasteiger partial charge on any atom is -0.493 e. The first-order valence-corrected chi connectivity index (χ1v) is 16.9. The first-order valence-electron chi connectivity index (χ1n) is 15.6. The molecule has 0 aliphatic carbocycles. The lowest BCUT2D eigenvalue weighted by Crippen LogP contribution is -2.07. The number of rotatable bonds is 13. The van der Waals surface area contributed by atoms with Gasteiger partial charge in [0.25, 0.3) is 0 Å². The number of hydrogen-bond acceptors (Lipinski definition) is 4. The van der Waals surface area contributed by atoms with Crippen molar-refractivity contribution in [3.05, 3.63) is 151 Å². The first-order chi connectivity index (χ1) is 23.2. The summed E-state index contributed by atoms with van der Waals surface area (Å²) in [4.78, 5) is 0. The number of benzene rings is 6. The Kier molecular flexibility index (Phi) is 10.9. The minimum atomic E-state index is -0.0348. The van der Waals surface area contributed by atoms with Crippen LogP contribution < -0.4 is 14.6 Å². The van der Waals surface area contributed by atoms with E-state index in [9.17, 15) is 4.57 Å². The molecule has 6 heteroatoms. The van der Waals surface area contributed by atoms with Crippen LogP contribution in [0.15, 0.2) is 140 Å². The molecule has 0 bridgehead atoms. The molecule has 0 aliphatic heterocycles. The van der Waals surface area contributed by atoms with Crippen LogP contribution in [0.1, 0.15) is 17.5 Å². The van der Waals surface area contributed by atoms with Gasteiger partial charge in [-0.15, -0.1) is 0 Å². The van der Waals surface area contributed by atoms with Crippen molar-refractivity contribution in [1.29, 1.82) is 0 Å². The minimum absolute atomic E-state index is 0.0348. The standard InChI is InChI=1S/C41H36O4P2/c1-29-23-24-39(38(27-29)37-22-11-20-35(41(37)47-42)31-15-6-3-7-16-31)44-26-12-25-43-28-32-17-8-9-18-33(32)36-21-10-19-34(40(36)45-46)30-13-4-2-5-14-30/h2-11,13-24,27H,12,25-26,28,46H2,1H3. The molecule has 0 spiro atoms. The van der Waals surface area contributed by atoms with Gasteiger partial charge in [0.15, 0.2) is 8.46 Å². The van der Waals surface area contributed by atoms with Crippen LogP contribution in [0.2, 0.25) is 0 Å². The van der Waals surface area contributed by atoms with Crippen LogP contribution in [0, 0.1) is 6.92 Å². The number of ether oxygens (including phenoxy) is 2. The van der Waals surface area contributed by atoms with Crippen molar-refractivity contribution in [1.82, 2.24) is 0 Å². The molecule has 0 amide bonds. The summed E-state index contributed by atoms with van der Waals surface area (Å²) in [5, 5.41) is 0.751. The smallest absolute Gasteiger partial charge is 0.193 e. The van der Waals surface area contributed by atoms with E-state index in [0.29, 0.717) is 19.8 Å². The lowest BCUT2D eigenvalue weighted by molar-refractivity contribution is 0.107. The predicted molar refractivity (Wildman–Crippen MR) is 197 cm³/mol. The van der Waals surface area contributed by atoms with Crippen molar-refractivity contribution < 1.29 is 18.6 Å². The molecule has 6 rings (SSSR count). The summed E-state index contributed by atoms with van der Waals surface area (Å²) in [5.41, 5.74) is 10.2. The van der Waals surface area contributed by atoms with Crippen molar-refractivity contribution in [3.8, 4) is 56.0 Å². The molecule has 0 saturated heterocycles. The van der Waals surface area contributed by atoms with E-state index in [0.717, 1.165) is 78.9 Å². The van der Waals surface area contributed by atoms with Crippen LogP contribution in [0.4, 0.5) is 0 Å². The third kappa shape index (κ3) is 7.53. The fraction of sp³-hybridized carbons (Fsp3) is 0.122. The van der Waals surface area contributed by atoms with Crippen LogP contribution in [0.25, 0.3) is 44.5 Å². The molecule has 0 aromatic heterocycles. The number of aryl methyl sites for hydroxylation is 1. The Morgan fingerprint density at radius 3 is 1.94 bits per heavy atom. The summed E-state index contributed by atoms with van der Waals surface area (Å²) >= 11 is 0. The van der Waals surface area contributed by atoms with E-state index in [4.69, 9.17) is 14.0 Å². The average Bonchev–Trinajstić information content (AvgIpc) is 3.13. The molecule has 0 fully saturated rings. The van der Waals surface area contributed by atoms with E-state index in [-0.39, 0.29) is 8.46 Å². The highest BCUT2D eigenvalue weighted by Crippen LogP contribution is 2.41. The highest BCUT2D eigenvalue weighted by atomic mass is 31.1. The summed E-state index contributed by atoms with van der Waals surface area (Å²) in [6.07, 6.45) is 0.718. The van der Waals surface area contributed by atoms with Gasteiger partial charge >= 0.3 is 0 Å². The van der Waals surface area contributed by atoms with Gasteiger partial charge in [-0.2, -0.15) is 0 Å². The van der Waals surface area contributed by atoms with Crippen molar-refractivity contribution in [2.24, 2.45) is 0 Å². The van der Waals surface area contributed by atoms with E-state index >= 15 is 0 Å². The maximum Gasteiger partial charge on any atom is 0.193 e. The van der Waals surface area contributed by atoms with Crippen molar-refractivity contribution in [3.63, 3.8) is 0 Å². The number of para-hydroxylation sites is 1. The Hall–Kier alpha value is -4.59. The van der Waals surface area contributed by atoms with Crippen LogP contribution in [-0.2, 0) is 15.9 Å². The second kappa shape index (κ2) is 15.8. The summed E-state index contributed by atoms with van der Waals surface area (Å²) < 4.78 is 30.9. The second-order valence-electron chi connectivity index (χ2n) is 11.2. The molecular formula is C41H36O4P2. The van der Waals surface area contributed by atoms with Crippen LogP contribution in [-0.4, -0.2) is 13.2 Å². The molecule has 1 atom stereocenters. The second-order valence-corrected chi connectivity index (χ2v) is 12.1. The van der Waals surface area contributed by atoms with Gasteiger partial charge < -0.3 is 14.0 Å². The van der Waals surface area contributed by atoms with Crippen molar-refractivity contribution in [2.75, 3.05) is 13.2 Å². The van der Waals surface area contributed by atoms with Gasteiger partial charge in [-0.1, -0.05) is 133 Å². The van der Waals surface area contributed by atoms with Gasteiger partial charge in [0.1, 0.15) is 11.5 Å². The summed E-state index contributed by atoms with van der Waals surface area (Å²) in [7, 11) is 2.38. The zero-order valence-corrected chi connectivity index (χ0v) is 28.3. The maximum atomic E-state index is 12.5. The van der Waals surface area contributed by atoms with Crippen molar-refractivity contribution in [2.45, 2.75) is 20.0 Å². The predicted octanol–water partition coefficient (Wildman–Crippen LogP) is 10.7. The Labute approximate surface area is 280 Å². The Bertz CT molecular complexity index is 1960. The fourth-order valence-corrected chi connectivity index (χ4v) is 6.69. The zero-order chi connectivity index (χ0) is 32.4. The zero-order valence-electron chi connectivity index (χ0n) is 26.3. The SMILES string of the molecule is Cc1ccc(OCCCOCc2ccccc2-c2cccc(-c3ccccc3)c2OP)c(-c2cccc(-c3ccccc3)c2P=O)c1. The Morgan fingerprint density at radius 2 is 1.21 bits per heavy atom. The third-order valence-corrected chi connectivity index (χ3v) is 9.01. The van der Waals surface area contributed by atoms with Gasteiger partial charge in [0.2, 0.25) is 0 Å². The summed E-state index contributed by atoms with van der Waals surface area (Å²) in [6, 6.07) is 47.0. The largest absolute Gasteiger partial charge is 0.493 e. The Morgan fingerprint density at radius 1 is 0.596 bits per heavy atom. The van der Waals surface area contributed by atoms with E-state index in [1.807, 2.05) is 91.0 Å². The van der Waals surface area contributed by atoms with Crippen LogP contribution in [0.3, 0.4) is 0 Å². The molecule has 0 radical (unpaired) electrons. The van der Waals surface area contributed by atoms with E-state index < -0.39 is 0 Å². The van der Waals surface area contributed by atoms with Gasteiger partial charge in [0, 0.05) is 28.7 Å². The molecule has 0 heterocycles. The van der Waals surface area contributed by atoms with E-state index in [2.05, 4.69) is 64.9 Å². The highest BCUT2D eigenvalue weighted by Gasteiger charge is 2.17. The molecular weight excluding hydrogens is 618 g/mol. The molecule has 1 unspecified atom stereocenters. The summed E-state index contributed by atoms with van der Waals surface area (Å²) in [5.74, 6) is 1.58. The molecule has 6 aromatic rings. The first kappa shape index (κ1) is 32.4. The average molecular weight is 655 g/mol. The van der Waals surface area contributed by atoms with Gasteiger partial charge in [-0.05, 0) is 46.9 Å². The molecule has 0 aliphatic rings. The molecule has 6 aromatic carbocycles. The molecule has 0 saturated carbocycles.